The van der Waals surface area contributed by atoms with Crippen LogP contribution < -0.4 is 10.5 Å². The number of nitrogens with zero attached hydrogens (tertiary/aromatic N) is 4. The summed E-state index contributed by atoms with van der Waals surface area (Å²) < 4.78 is 6.03. The molecule has 2 aromatic heterocycles. The minimum Gasteiger partial charge on any atom is -0.487 e. The van der Waals surface area contributed by atoms with Crippen molar-refractivity contribution in [3.05, 3.63) is 65.7 Å². The summed E-state index contributed by atoms with van der Waals surface area (Å²) in [6.45, 7) is 7.46. The lowest BCUT2D eigenvalue weighted by Gasteiger charge is -2.32. The molecule has 0 spiro atoms. The maximum Gasteiger partial charge on any atom is 0.219 e. The number of benzene rings is 1. The number of ether oxygens (including phenoxy) is 1. The Morgan fingerprint density at radius 2 is 1.87 bits per heavy atom. The van der Waals surface area contributed by atoms with Gasteiger partial charge in [-0.2, -0.15) is 0 Å². The van der Waals surface area contributed by atoms with Gasteiger partial charge in [0.25, 0.3) is 0 Å². The molecule has 6 heteroatoms. The van der Waals surface area contributed by atoms with Crippen LogP contribution in [0.3, 0.4) is 0 Å². The normalized spacial score (nSPS) is 20.3. The van der Waals surface area contributed by atoms with Crippen LogP contribution in [0.5, 0.6) is 5.75 Å². The van der Waals surface area contributed by atoms with Crippen LogP contribution in [0.15, 0.2) is 48.9 Å². The molecular formula is C25H29N5O. The molecule has 0 radical (unpaired) electrons. The topological polar surface area (TPSA) is 77.2 Å². The van der Waals surface area contributed by atoms with Crippen LogP contribution in [0.2, 0.25) is 0 Å². The molecule has 31 heavy (non-hydrogen) atoms. The fraction of sp³-hybridized carbons (Fsp3) is 0.400. The number of hydrogen-bond donors (Lipinski definition) is 1. The van der Waals surface area contributed by atoms with E-state index in [-0.39, 0.29) is 11.5 Å². The van der Waals surface area contributed by atoms with Crippen molar-refractivity contribution in [3.63, 3.8) is 0 Å². The highest BCUT2D eigenvalue weighted by atomic mass is 16.5. The molecule has 1 fully saturated rings. The van der Waals surface area contributed by atoms with Crippen LogP contribution in [0, 0.1) is 0 Å². The maximum absolute atomic E-state index is 6.03. The van der Waals surface area contributed by atoms with Crippen molar-refractivity contribution in [2.75, 3.05) is 18.8 Å². The fourth-order valence-corrected chi connectivity index (χ4v) is 4.76. The molecule has 4 heterocycles. The largest absolute Gasteiger partial charge is 0.487 e. The number of nitrogen functional groups attached to an aromatic ring is 1. The van der Waals surface area contributed by atoms with Gasteiger partial charge in [0.05, 0.1) is 0 Å². The molecule has 0 aliphatic carbocycles. The molecular weight excluding hydrogens is 386 g/mol. The van der Waals surface area contributed by atoms with Gasteiger partial charge in [-0.1, -0.05) is 18.2 Å². The second kappa shape index (κ2) is 7.93. The molecule has 3 aromatic rings. The number of aromatic nitrogens is 3. The zero-order valence-corrected chi connectivity index (χ0v) is 18.2. The third kappa shape index (κ3) is 4.39. The molecule has 6 nitrogen and oxygen atoms in total. The van der Waals surface area contributed by atoms with Gasteiger partial charge in [0.1, 0.15) is 11.4 Å². The van der Waals surface area contributed by atoms with Gasteiger partial charge in [-0.3, -0.25) is 9.88 Å². The quantitative estimate of drug-likeness (QED) is 0.688. The number of nitrogens with two attached hydrogens (primary N) is 1. The highest BCUT2D eigenvalue weighted by Gasteiger charge is 2.30. The Labute approximate surface area is 183 Å². The standard InChI is InChI=1S/C25H29N5O/c1-25(2)11-20-10-17(5-8-23(20)31-25)15-30-9-3-4-19(16-30)22-7-6-18(12-27-22)21-13-28-24(26)29-14-21/h5-8,10,12-14,19H,3-4,9,11,15-16H2,1-2H3,(H2,26,28,29)/t19-/m0/s1. The van der Waals surface area contributed by atoms with Crippen LogP contribution in [-0.4, -0.2) is 38.5 Å². The Morgan fingerprint density at radius 3 is 2.65 bits per heavy atom. The van der Waals surface area contributed by atoms with E-state index in [0.717, 1.165) is 48.6 Å². The lowest BCUT2D eigenvalue weighted by Crippen LogP contribution is -2.34. The molecule has 0 amide bonds. The smallest absolute Gasteiger partial charge is 0.219 e. The molecule has 0 bridgehead atoms. The number of anilines is 1. The van der Waals surface area contributed by atoms with Gasteiger partial charge in [0, 0.05) is 60.8 Å². The third-order valence-electron chi connectivity index (χ3n) is 6.25. The highest BCUT2D eigenvalue weighted by molar-refractivity contribution is 5.60. The Hall–Kier alpha value is -2.99. The van der Waals surface area contributed by atoms with Crippen molar-refractivity contribution in [3.8, 4) is 16.9 Å². The first-order valence-corrected chi connectivity index (χ1v) is 11.0. The SMILES string of the molecule is CC1(C)Cc2cc(CN3CCC[C@H](c4ccc(-c5cnc(N)nc5)cn4)C3)ccc2O1. The number of rotatable bonds is 4. The summed E-state index contributed by atoms with van der Waals surface area (Å²) in [7, 11) is 0. The van der Waals surface area contributed by atoms with E-state index in [4.69, 9.17) is 15.5 Å². The second-order valence-corrected chi connectivity index (χ2v) is 9.36. The predicted molar refractivity (Wildman–Crippen MR) is 122 cm³/mol. The first-order chi connectivity index (χ1) is 14.9. The molecule has 0 unspecified atom stereocenters. The van der Waals surface area contributed by atoms with E-state index in [0.29, 0.717) is 5.92 Å². The average Bonchev–Trinajstić information content (AvgIpc) is 3.08. The minimum absolute atomic E-state index is 0.0898. The zero-order chi connectivity index (χ0) is 21.4. The lowest BCUT2D eigenvalue weighted by atomic mass is 9.93. The lowest BCUT2D eigenvalue weighted by molar-refractivity contribution is 0.138. The number of fused-ring (bicyclic) bond motifs is 1. The van der Waals surface area contributed by atoms with Gasteiger partial charge in [0.15, 0.2) is 0 Å². The van der Waals surface area contributed by atoms with Crippen molar-refractivity contribution in [1.82, 2.24) is 19.9 Å². The van der Waals surface area contributed by atoms with Crippen LogP contribution in [0.1, 0.15) is 49.4 Å². The van der Waals surface area contributed by atoms with E-state index in [1.807, 2.05) is 6.20 Å². The number of pyridine rings is 1. The van der Waals surface area contributed by atoms with Gasteiger partial charge in [-0.25, -0.2) is 9.97 Å². The average molecular weight is 416 g/mol. The predicted octanol–water partition coefficient (Wildman–Crippen LogP) is 4.21. The Kier molecular flexibility index (Phi) is 5.10. The first-order valence-electron chi connectivity index (χ1n) is 11.0. The summed E-state index contributed by atoms with van der Waals surface area (Å²) in [6.07, 6.45) is 8.76. The summed E-state index contributed by atoms with van der Waals surface area (Å²) in [4.78, 5) is 15.5. The van der Waals surface area contributed by atoms with E-state index in [2.05, 4.69) is 59.0 Å². The molecule has 1 saturated heterocycles. The fourth-order valence-electron chi connectivity index (χ4n) is 4.76. The molecule has 1 atom stereocenters. The third-order valence-corrected chi connectivity index (χ3v) is 6.25. The van der Waals surface area contributed by atoms with Gasteiger partial charge >= 0.3 is 0 Å². The first kappa shape index (κ1) is 19.9. The van der Waals surface area contributed by atoms with Crippen LogP contribution in [0.4, 0.5) is 5.95 Å². The molecule has 2 N–H and O–H groups in total. The van der Waals surface area contributed by atoms with E-state index in [1.54, 1.807) is 12.4 Å². The molecule has 0 saturated carbocycles. The van der Waals surface area contributed by atoms with E-state index in [1.165, 1.54) is 24.0 Å². The van der Waals surface area contributed by atoms with E-state index < -0.39 is 0 Å². The van der Waals surface area contributed by atoms with Gasteiger partial charge < -0.3 is 10.5 Å². The molecule has 160 valence electrons. The maximum atomic E-state index is 6.03. The Morgan fingerprint density at radius 1 is 1.06 bits per heavy atom. The summed E-state index contributed by atoms with van der Waals surface area (Å²) in [5, 5.41) is 0. The number of piperidine rings is 1. The Bertz CT molecular complexity index is 1060. The zero-order valence-electron chi connectivity index (χ0n) is 18.2. The minimum atomic E-state index is -0.0898. The van der Waals surface area contributed by atoms with Crippen LogP contribution >= 0.6 is 0 Å². The number of likely N-dealkylation sites (tertiary alicyclic amines) is 1. The van der Waals surface area contributed by atoms with Crippen molar-refractivity contribution < 1.29 is 4.74 Å². The van der Waals surface area contributed by atoms with Gasteiger partial charge in [-0.15, -0.1) is 0 Å². The second-order valence-electron chi connectivity index (χ2n) is 9.36. The van der Waals surface area contributed by atoms with Crippen LogP contribution in [-0.2, 0) is 13.0 Å². The van der Waals surface area contributed by atoms with Crippen molar-refractivity contribution in [1.29, 1.82) is 0 Å². The molecule has 1 aromatic carbocycles. The molecule has 2 aliphatic heterocycles. The van der Waals surface area contributed by atoms with Crippen LogP contribution in [0.25, 0.3) is 11.1 Å². The van der Waals surface area contributed by atoms with Crippen molar-refractivity contribution >= 4 is 5.95 Å². The summed E-state index contributed by atoms with van der Waals surface area (Å²) in [5.41, 5.74) is 11.3. The summed E-state index contributed by atoms with van der Waals surface area (Å²) >= 11 is 0. The summed E-state index contributed by atoms with van der Waals surface area (Å²) in [5.74, 6) is 1.79. The van der Waals surface area contributed by atoms with E-state index in [9.17, 15) is 0 Å². The number of hydrogen-bond acceptors (Lipinski definition) is 6. The Balaban J connectivity index is 1.25. The monoisotopic (exact) mass is 415 g/mol. The summed E-state index contributed by atoms with van der Waals surface area (Å²) in [6, 6.07) is 10.9. The molecule has 5 rings (SSSR count). The van der Waals surface area contributed by atoms with E-state index >= 15 is 0 Å². The molecule has 2 aliphatic rings. The van der Waals surface area contributed by atoms with Crippen molar-refractivity contribution in [2.45, 2.75) is 51.2 Å². The van der Waals surface area contributed by atoms with Crippen molar-refractivity contribution in [2.24, 2.45) is 0 Å². The van der Waals surface area contributed by atoms with Gasteiger partial charge in [-0.05, 0) is 56.5 Å². The van der Waals surface area contributed by atoms with Gasteiger partial charge in [0.2, 0.25) is 5.95 Å². The highest BCUT2D eigenvalue weighted by Crippen LogP contribution is 2.36.